The van der Waals surface area contributed by atoms with Crippen molar-refractivity contribution in [1.82, 2.24) is 44.0 Å². The molecule has 9 N–H and O–H groups in total. The minimum absolute atomic E-state index is 0.0275. The minimum atomic E-state index is -1.40. The SMILES string of the molecule is Cc1c(C(=O)N(C(=O)OC(C)(C)C)[C@H](CCCCN)C(=O)Nc2ccc(C(c3ccc(NC(=O)[C@@H](CCCCN)N(C(=O)OC(C)(C)C)C(=O)c4cnn(-c5ccccc5)c4C)cc3)c3ccc(NC(=O)[C@@H](CCCCN)N(C(=O)OC(C)(C)C)C(=O)c4cnn(-c5ccccc5)c4C)cc3)cc2)cnn1-c1ccccc1. The molecule has 0 radical (unpaired) electrons. The number of rotatable bonds is 30. The number of unbranched alkanes of at least 4 members (excludes halogenated alkanes) is 3. The molecule has 9 rings (SSSR count). The second-order valence-electron chi connectivity index (χ2n) is 30.3. The maximum Gasteiger partial charge on any atom is 0.418 e. The molecule has 3 atom stereocenters. The van der Waals surface area contributed by atoms with Gasteiger partial charge in [0, 0.05) is 23.0 Å². The van der Waals surface area contributed by atoms with E-state index in [-0.39, 0.29) is 55.6 Å². The summed E-state index contributed by atoms with van der Waals surface area (Å²) in [6.07, 6.45) is 3.55. The summed E-state index contributed by atoms with van der Waals surface area (Å²) in [5, 5.41) is 22.4. The van der Waals surface area contributed by atoms with E-state index in [0.717, 1.165) is 14.7 Å². The van der Waals surface area contributed by atoms with Gasteiger partial charge in [0.15, 0.2) is 0 Å². The lowest BCUT2D eigenvalue weighted by Gasteiger charge is -2.31. The topological polar surface area (TPSA) is 359 Å². The number of carbonyl (C=O) groups is 9. The van der Waals surface area contributed by atoms with Gasteiger partial charge in [0.2, 0.25) is 17.7 Å². The zero-order valence-electron chi connectivity index (χ0n) is 65.8. The van der Waals surface area contributed by atoms with Crippen LogP contribution in [-0.4, -0.2) is 152 Å². The summed E-state index contributed by atoms with van der Waals surface area (Å²) in [6.45, 7) is 20.9. The average Bonchev–Trinajstić information content (AvgIpc) is 1.62. The molecule has 3 aromatic heterocycles. The zero-order chi connectivity index (χ0) is 81.2. The van der Waals surface area contributed by atoms with E-state index in [2.05, 4.69) is 31.2 Å². The van der Waals surface area contributed by atoms with Crippen LogP contribution in [0.25, 0.3) is 17.1 Å². The predicted molar refractivity (Wildman–Crippen MR) is 428 cm³/mol. The fourth-order valence-electron chi connectivity index (χ4n) is 12.8. The van der Waals surface area contributed by atoms with Gasteiger partial charge in [-0.05, 0) is 250 Å². The average molecular weight is 1530 g/mol. The highest BCUT2D eigenvalue weighted by atomic mass is 16.6. The van der Waals surface area contributed by atoms with Crippen LogP contribution in [-0.2, 0) is 28.6 Å². The van der Waals surface area contributed by atoms with Crippen molar-refractivity contribution in [3.8, 4) is 17.1 Å². The second-order valence-corrected chi connectivity index (χ2v) is 30.3. The third-order valence-corrected chi connectivity index (χ3v) is 18.3. The molecule has 3 heterocycles. The molecule has 0 aliphatic rings. The van der Waals surface area contributed by atoms with Crippen LogP contribution in [0.1, 0.15) is 191 Å². The van der Waals surface area contributed by atoms with E-state index in [9.17, 15) is 28.8 Å². The molecule has 9 amide bonds. The molecule has 0 bridgehead atoms. The number of hydrogen-bond donors (Lipinski definition) is 6. The Balaban J connectivity index is 1.08. The van der Waals surface area contributed by atoms with Gasteiger partial charge >= 0.3 is 18.3 Å². The lowest BCUT2D eigenvalue weighted by Crippen LogP contribution is -2.52. The van der Waals surface area contributed by atoms with Gasteiger partial charge in [-0.2, -0.15) is 15.3 Å². The molecule has 0 aliphatic heterocycles. The molecule has 0 saturated carbocycles. The lowest BCUT2D eigenvalue weighted by molar-refractivity contribution is -0.121. The van der Waals surface area contributed by atoms with Gasteiger partial charge in [-0.25, -0.2) is 43.1 Å². The van der Waals surface area contributed by atoms with Crippen LogP contribution in [0.5, 0.6) is 0 Å². The molecule has 9 aromatic rings. The highest BCUT2D eigenvalue weighted by Crippen LogP contribution is 2.36. The monoisotopic (exact) mass is 1530 g/mol. The Labute approximate surface area is 653 Å². The van der Waals surface area contributed by atoms with E-state index in [1.165, 1.54) is 18.6 Å². The lowest BCUT2D eigenvalue weighted by atomic mass is 9.85. The van der Waals surface area contributed by atoms with Crippen molar-refractivity contribution in [3.63, 3.8) is 0 Å². The first-order chi connectivity index (χ1) is 53.3. The van der Waals surface area contributed by atoms with E-state index in [0.29, 0.717) is 106 Å². The molecular weight excluding hydrogens is 1420 g/mol. The molecule has 112 heavy (non-hydrogen) atoms. The van der Waals surface area contributed by atoms with E-state index < -0.39 is 94.6 Å². The van der Waals surface area contributed by atoms with Crippen molar-refractivity contribution in [2.24, 2.45) is 17.2 Å². The number of carbonyl (C=O) groups excluding carboxylic acids is 9. The van der Waals surface area contributed by atoms with Crippen molar-refractivity contribution < 1.29 is 57.4 Å². The largest absolute Gasteiger partial charge is 0.443 e. The molecule has 0 spiro atoms. The van der Waals surface area contributed by atoms with Crippen molar-refractivity contribution >= 4 is 70.8 Å². The van der Waals surface area contributed by atoms with Crippen molar-refractivity contribution in [2.75, 3.05) is 35.6 Å². The first kappa shape index (κ1) is 84.1. The normalized spacial score (nSPS) is 12.4. The summed E-state index contributed by atoms with van der Waals surface area (Å²) < 4.78 is 22.3. The number of nitrogens with two attached hydrogens (primary N) is 3. The molecule has 0 saturated heterocycles. The number of ether oxygens (including phenoxy) is 3. The summed E-state index contributed by atoms with van der Waals surface area (Å²) >= 11 is 0. The fraction of sp³-hybridized carbons (Fsp3) is 0.365. The van der Waals surface area contributed by atoms with E-state index in [4.69, 9.17) is 31.4 Å². The Morgan fingerprint density at radius 3 is 0.804 bits per heavy atom. The van der Waals surface area contributed by atoms with E-state index in [1.54, 1.807) is 170 Å². The third-order valence-electron chi connectivity index (χ3n) is 18.3. The Bertz CT molecular complexity index is 4260. The maximum atomic E-state index is 15.0. The number of aromatic nitrogens is 6. The number of nitrogens with one attached hydrogen (secondary N) is 3. The van der Waals surface area contributed by atoms with Gasteiger partial charge in [0.05, 0.1) is 69.4 Å². The van der Waals surface area contributed by atoms with Crippen LogP contribution < -0.4 is 33.2 Å². The smallest absolute Gasteiger partial charge is 0.418 e. The molecule has 590 valence electrons. The number of nitrogens with zero attached hydrogens (tertiary/aromatic N) is 9. The number of para-hydroxylation sites is 3. The van der Waals surface area contributed by atoms with Crippen LogP contribution in [0.2, 0.25) is 0 Å². The van der Waals surface area contributed by atoms with E-state index >= 15 is 14.4 Å². The third kappa shape index (κ3) is 21.5. The van der Waals surface area contributed by atoms with Crippen LogP contribution in [0.4, 0.5) is 31.4 Å². The van der Waals surface area contributed by atoms with Crippen LogP contribution in [0.15, 0.2) is 182 Å². The maximum absolute atomic E-state index is 15.0. The van der Waals surface area contributed by atoms with Gasteiger partial charge in [-0.15, -0.1) is 0 Å². The van der Waals surface area contributed by atoms with E-state index in [1.807, 2.05) is 91.0 Å². The van der Waals surface area contributed by atoms with Crippen LogP contribution >= 0.6 is 0 Å². The number of benzene rings is 6. The number of hydrogen-bond acceptors (Lipinski definition) is 18. The zero-order valence-corrected chi connectivity index (χ0v) is 65.8. The van der Waals surface area contributed by atoms with Crippen LogP contribution in [0.3, 0.4) is 0 Å². The number of anilines is 3. The standard InChI is InChI=1S/C85H103N15O12/c1-55-67(52-89-98(55)64-28-16-13-17-29-64)77(104)95(80(107)110-83(4,5)6)70(34-22-25-49-86)74(101)92-61-43-37-58(38-44-61)73(59-39-45-62(46-40-59)93-75(102)71(35-23-26-50-87)96(81(108)111-84(7,8)9)78(105)68-53-90-99(56(68)2)65-30-18-14-19-31-65)60-41-47-63(48-42-60)94-76(103)72(36-24-27-51-88)97(82(109)112-85(10,11)12)79(106)69-54-91-100(57(69)3)66-32-20-15-21-33-66/h13-21,28-33,37-48,52-54,70-73H,22-27,34-36,49-51,86-88H2,1-12H3,(H,92,101)(H,93,102)(H,94,103)/t70-,71-,72-/m1/s1. The number of imide groups is 3. The van der Waals surface area contributed by atoms with Crippen molar-refractivity contribution in [1.29, 1.82) is 0 Å². The van der Waals surface area contributed by atoms with Gasteiger partial charge in [0.25, 0.3) is 17.7 Å². The second kappa shape index (κ2) is 37.6. The molecule has 27 heteroatoms. The first-order valence-corrected chi connectivity index (χ1v) is 37.6. The minimum Gasteiger partial charge on any atom is -0.443 e. The Kier molecular flexibility index (Phi) is 28.3. The summed E-state index contributed by atoms with van der Waals surface area (Å²) in [4.78, 5) is 136. The molecule has 6 aromatic carbocycles. The Hall–Kier alpha value is -11.9. The van der Waals surface area contributed by atoms with Gasteiger partial charge in [-0.1, -0.05) is 91.0 Å². The molecule has 0 unspecified atom stereocenters. The molecular formula is C85H103N15O12. The highest BCUT2D eigenvalue weighted by molar-refractivity contribution is 6.11. The summed E-state index contributed by atoms with van der Waals surface area (Å²) in [6, 6.07) is 44.2. The fourth-order valence-corrected chi connectivity index (χ4v) is 12.8. The quantitative estimate of drug-likeness (QED) is 0.0138. The molecule has 27 nitrogen and oxygen atoms in total. The predicted octanol–water partition coefficient (Wildman–Crippen LogP) is 13.9. The molecule has 0 aliphatic carbocycles. The Morgan fingerprint density at radius 2 is 0.589 bits per heavy atom. The van der Waals surface area contributed by atoms with Crippen molar-refractivity contribution in [3.05, 3.63) is 233 Å². The van der Waals surface area contributed by atoms with Gasteiger partial charge in [-0.3, -0.25) is 28.8 Å². The van der Waals surface area contributed by atoms with Crippen LogP contribution in [0, 0.1) is 20.8 Å². The summed E-state index contributed by atoms with van der Waals surface area (Å²) in [5.41, 5.74) is 21.2. The Morgan fingerprint density at radius 1 is 0.357 bits per heavy atom. The first-order valence-electron chi connectivity index (χ1n) is 37.6. The summed E-state index contributed by atoms with van der Waals surface area (Å²) in [5.74, 6) is -5.09. The van der Waals surface area contributed by atoms with Gasteiger partial charge in [0.1, 0.15) is 34.9 Å². The summed E-state index contributed by atoms with van der Waals surface area (Å²) in [7, 11) is 0. The highest BCUT2D eigenvalue weighted by Gasteiger charge is 2.43. The molecule has 0 fully saturated rings. The van der Waals surface area contributed by atoms with Crippen molar-refractivity contribution in [2.45, 2.75) is 182 Å². The number of amides is 9. The van der Waals surface area contributed by atoms with Gasteiger partial charge < -0.3 is 47.4 Å².